The lowest BCUT2D eigenvalue weighted by Crippen LogP contribution is -2.34. The maximum absolute atomic E-state index is 12.0. The molecule has 9 heteroatoms. The lowest BCUT2D eigenvalue weighted by molar-refractivity contribution is -0.136. The summed E-state index contributed by atoms with van der Waals surface area (Å²) >= 11 is 1.04. The van der Waals surface area contributed by atoms with Crippen LogP contribution in [0.15, 0.2) is 29.4 Å². The summed E-state index contributed by atoms with van der Waals surface area (Å²) in [6.07, 6.45) is -4.41. The molecule has 2 aromatic rings. The number of carbonyl (C=O) groups excluding carboxylic acids is 1. The van der Waals surface area contributed by atoms with Crippen molar-refractivity contribution in [2.45, 2.75) is 18.3 Å². The van der Waals surface area contributed by atoms with Crippen LogP contribution in [0.5, 0.6) is 0 Å². The molecular formula is C14H15F3N4OS. The number of hydrogen-bond acceptors (Lipinski definition) is 4. The van der Waals surface area contributed by atoms with Gasteiger partial charge in [-0.15, -0.1) is 10.2 Å². The molecule has 0 unspecified atom stereocenters. The molecule has 124 valence electrons. The van der Waals surface area contributed by atoms with Gasteiger partial charge in [-0.1, -0.05) is 35.5 Å². The fraction of sp³-hybridized carbons (Fsp3) is 0.357. The van der Waals surface area contributed by atoms with Crippen molar-refractivity contribution >= 4 is 17.7 Å². The fourth-order valence-corrected chi connectivity index (χ4v) is 2.60. The van der Waals surface area contributed by atoms with Crippen LogP contribution in [-0.4, -0.2) is 39.1 Å². The van der Waals surface area contributed by atoms with Gasteiger partial charge in [0.2, 0.25) is 5.91 Å². The zero-order chi connectivity index (χ0) is 17.0. The van der Waals surface area contributed by atoms with E-state index in [4.69, 9.17) is 0 Å². The molecule has 1 amide bonds. The number of aryl methyl sites for hydroxylation is 1. The highest BCUT2D eigenvalue weighted by atomic mass is 32.2. The van der Waals surface area contributed by atoms with Crippen molar-refractivity contribution in [3.8, 4) is 11.4 Å². The summed E-state index contributed by atoms with van der Waals surface area (Å²) in [4.78, 5) is 11.4. The number of amides is 1. The molecule has 0 bridgehead atoms. The highest BCUT2D eigenvalue weighted by Crippen LogP contribution is 2.23. The van der Waals surface area contributed by atoms with Gasteiger partial charge in [0, 0.05) is 12.6 Å². The van der Waals surface area contributed by atoms with Crippen LogP contribution >= 0.6 is 11.8 Å². The molecule has 0 fully saturated rings. The highest BCUT2D eigenvalue weighted by molar-refractivity contribution is 7.99. The molecule has 0 saturated heterocycles. The van der Waals surface area contributed by atoms with Crippen molar-refractivity contribution < 1.29 is 18.0 Å². The molecule has 0 aliphatic rings. The third kappa shape index (κ3) is 4.98. The number of halogens is 3. The SMILES string of the molecule is Cc1cccc(-c2nnc(SCC(=O)NCC(F)(F)F)n2C)c1. The van der Waals surface area contributed by atoms with E-state index in [0.29, 0.717) is 11.0 Å². The molecule has 1 N–H and O–H groups in total. The summed E-state index contributed by atoms with van der Waals surface area (Å²) in [5.41, 5.74) is 1.96. The molecular weight excluding hydrogens is 329 g/mol. The summed E-state index contributed by atoms with van der Waals surface area (Å²) in [6.45, 7) is 0.625. The zero-order valence-corrected chi connectivity index (χ0v) is 13.3. The predicted octanol–water partition coefficient (Wildman–Crippen LogP) is 2.56. The van der Waals surface area contributed by atoms with E-state index in [-0.39, 0.29) is 5.75 Å². The molecule has 2 rings (SSSR count). The van der Waals surface area contributed by atoms with Gasteiger partial charge in [-0.05, 0) is 13.0 Å². The number of thioether (sulfide) groups is 1. The third-order valence-electron chi connectivity index (χ3n) is 2.93. The quantitative estimate of drug-likeness (QED) is 0.847. The summed E-state index contributed by atoms with van der Waals surface area (Å²) in [6, 6.07) is 7.70. The van der Waals surface area contributed by atoms with Crippen LogP contribution in [0.1, 0.15) is 5.56 Å². The van der Waals surface area contributed by atoms with Gasteiger partial charge in [-0.2, -0.15) is 13.2 Å². The Morgan fingerprint density at radius 1 is 1.35 bits per heavy atom. The van der Waals surface area contributed by atoms with Crippen molar-refractivity contribution in [3.05, 3.63) is 29.8 Å². The molecule has 0 aliphatic carbocycles. The largest absolute Gasteiger partial charge is 0.405 e. The van der Waals surface area contributed by atoms with E-state index in [1.165, 1.54) is 0 Å². The van der Waals surface area contributed by atoms with Crippen molar-refractivity contribution in [2.24, 2.45) is 7.05 Å². The summed E-state index contributed by atoms with van der Waals surface area (Å²) < 4.78 is 37.8. The highest BCUT2D eigenvalue weighted by Gasteiger charge is 2.27. The van der Waals surface area contributed by atoms with E-state index < -0.39 is 18.6 Å². The van der Waals surface area contributed by atoms with E-state index >= 15 is 0 Å². The number of aromatic nitrogens is 3. The molecule has 0 radical (unpaired) electrons. The number of benzene rings is 1. The van der Waals surface area contributed by atoms with Crippen LogP contribution in [0.25, 0.3) is 11.4 Å². The van der Waals surface area contributed by atoms with Crippen LogP contribution in [0.3, 0.4) is 0 Å². The van der Waals surface area contributed by atoms with Crippen molar-refractivity contribution in [2.75, 3.05) is 12.3 Å². The first kappa shape index (κ1) is 17.3. The topological polar surface area (TPSA) is 59.8 Å². The Balaban J connectivity index is 1.99. The molecule has 23 heavy (non-hydrogen) atoms. The van der Waals surface area contributed by atoms with Crippen LogP contribution in [-0.2, 0) is 11.8 Å². The minimum absolute atomic E-state index is 0.157. The molecule has 0 aliphatic heterocycles. The van der Waals surface area contributed by atoms with Gasteiger partial charge in [0.15, 0.2) is 11.0 Å². The first-order valence-electron chi connectivity index (χ1n) is 6.69. The average Bonchev–Trinajstić information content (AvgIpc) is 2.83. The number of nitrogens with zero attached hydrogens (tertiary/aromatic N) is 3. The van der Waals surface area contributed by atoms with Crippen molar-refractivity contribution in [1.82, 2.24) is 20.1 Å². The molecule has 1 aromatic carbocycles. The van der Waals surface area contributed by atoms with Gasteiger partial charge in [-0.25, -0.2) is 0 Å². The molecule has 1 heterocycles. The maximum Gasteiger partial charge on any atom is 0.405 e. The van der Waals surface area contributed by atoms with Gasteiger partial charge in [-0.3, -0.25) is 4.79 Å². The Morgan fingerprint density at radius 2 is 2.09 bits per heavy atom. The van der Waals surface area contributed by atoms with E-state index in [9.17, 15) is 18.0 Å². The van der Waals surface area contributed by atoms with Crippen LogP contribution in [0.2, 0.25) is 0 Å². The molecule has 0 atom stereocenters. The second-order valence-corrected chi connectivity index (χ2v) is 5.86. The monoisotopic (exact) mass is 344 g/mol. The lowest BCUT2D eigenvalue weighted by atomic mass is 10.1. The number of hydrogen-bond donors (Lipinski definition) is 1. The van der Waals surface area contributed by atoms with Gasteiger partial charge >= 0.3 is 6.18 Å². The molecule has 5 nitrogen and oxygen atoms in total. The Hall–Kier alpha value is -2.03. The second kappa shape index (κ2) is 7.03. The normalized spacial score (nSPS) is 11.5. The van der Waals surface area contributed by atoms with Gasteiger partial charge < -0.3 is 9.88 Å². The number of alkyl halides is 3. The van der Waals surface area contributed by atoms with Crippen molar-refractivity contribution in [3.63, 3.8) is 0 Å². The summed E-state index contributed by atoms with van der Waals surface area (Å²) in [5.74, 6) is -0.227. The Labute approximate surface area is 135 Å². The van der Waals surface area contributed by atoms with Crippen LogP contribution in [0, 0.1) is 6.92 Å². The summed E-state index contributed by atoms with van der Waals surface area (Å²) in [5, 5.41) is 10.3. The molecule has 1 aromatic heterocycles. The molecule has 0 spiro atoms. The van der Waals surface area contributed by atoms with Crippen LogP contribution < -0.4 is 5.32 Å². The maximum atomic E-state index is 12.0. The third-order valence-corrected chi connectivity index (χ3v) is 3.95. The molecule has 0 saturated carbocycles. The van der Waals surface area contributed by atoms with E-state index in [0.717, 1.165) is 22.9 Å². The predicted molar refractivity (Wildman–Crippen MR) is 81.0 cm³/mol. The summed E-state index contributed by atoms with van der Waals surface area (Å²) in [7, 11) is 1.74. The Kier molecular flexibility index (Phi) is 5.30. The number of carbonyl (C=O) groups is 1. The number of nitrogens with one attached hydrogen (secondary N) is 1. The Bertz CT molecular complexity index is 700. The standard InChI is InChI=1S/C14H15F3N4OS/c1-9-4-3-5-10(6-9)12-19-20-13(21(12)2)23-7-11(22)18-8-14(15,16)17/h3-6H,7-8H2,1-2H3,(H,18,22). The van der Waals surface area contributed by atoms with E-state index in [1.807, 2.05) is 36.5 Å². The van der Waals surface area contributed by atoms with Gasteiger partial charge in [0.1, 0.15) is 6.54 Å². The number of rotatable bonds is 5. The van der Waals surface area contributed by atoms with Crippen LogP contribution in [0.4, 0.5) is 13.2 Å². The van der Waals surface area contributed by atoms with Gasteiger partial charge in [0.25, 0.3) is 0 Å². The average molecular weight is 344 g/mol. The minimum Gasteiger partial charge on any atom is -0.346 e. The van der Waals surface area contributed by atoms with Gasteiger partial charge in [0.05, 0.1) is 5.75 Å². The minimum atomic E-state index is -4.41. The second-order valence-electron chi connectivity index (χ2n) is 4.92. The smallest absolute Gasteiger partial charge is 0.346 e. The van der Waals surface area contributed by atoms with E-state index in [1.54, 1.807) is 11.6 Å². The lowest BCUT2D eigenvalue weighted by Gasteiger charge is -2.08. The Morgan fingerprint density at radius 3 is 2.74 bits per heavy atom. The first-order chi connectivity index (χ1) is 10.8. The zero-order valence-electron chi connectivity index (χ0n) is 12.5. The van der Waals surface area contributed by atoms with E-state index in [2.05, 4.69) is 10.2 Å². The fourth-order valence-electron chi connectivity index (χ4n) is 1.86. The first-order valence-corrected chi connectivity index (χ1v) is 7.67. The van der Waals surface area contributed by atoms with Crippen molar-refractivity contribution in [1.29, 1.82) is 0 Å².